The highest BCUT2D eigenvalue weighted by Gasteiger charge is 2.34. The van der Waals surface area contributed by atoms with Gasteiger partial charge in [-0.2, -0.15) is 0 Å². The SMILES string of the molecule is CC(C(=O)O[C@H]1C[C@@H](C)CC[C@@H]1C(C)C)c1ccc(-c2ccccc2)c(F)c1. The Kier molecular flexibility index (Phi) is 6.53. The molecule has 1 aliphatic carbocycles. The summed E-state index contributed by atoms with van der Waals surface area (Å²) < 4.78 is 20.6. The Morgan fingerprint density at radius 2 is 1.79 bits per heavy atom. The van der Waals surface area contributed by atoms with Gasteiger partial charge in [-0.1, -0.05) is 69.7 Å². The Labute approximate surface area is 168 Å². The first-order chi connectivity index (χ1) is 13.4. The van der Waals surface area contributed by atoms with Gasteiger partial charge in [-0.3, -0.25) is 4.79 Å². The number of carbonyl (C=O) groups is 1. The number of benzene rings is 2. The Morgan fingerprint density at radius 3 is 2.43 bits per heavy atom. The lowest BCUT2D eigenvalue weighted by atomic mass is 9.75. The fourth-order valence-electron chi connectivity index (χ4n) is 4.29. The smallest absolute Gasteiger partial charge is 0.313 e. The molecule has 2 aromatic carbocycles. The molecule has 0 heterocycles. The number of rotatable bonds is 5. The molecule has 0 aliphatic heterocycles. The van der Waals surface area contributed by atoms with Crippen LogP contribution in [0.2, 0.25) is 0 Å². The molecule has 0 aromatic heterocycles. The Bertz CT molecular complexity index is 799. The van der Waals surface area contributed by atoms with Crippen molar-refractivity contribution in [3.63, 3.8) is 0 Å². The number of esters is 1. The molecular weight excluding hydrogens is 351 g/mol. The maximum Gasteiger partial charge on any atom is 0.313 e. The lowest BCUT2D eigenvalue weighted by Gasteiger charge is -2.37. The van der Waals surface area contributed by atoms with Gasteiger partial charge in [-0.15, -0.1) is 0 Å². The van der Waals surface area contributed by atoms with Gasteiger partial charge in [-0.25, -0.2) is 4.39 Å². The maximum atomic E-state index is 14.7. The van der Waals surface area contributed by atoms with E-state index in [-0.39, 0.29) is 17.9 Å². The van der Waals surface area contributed by atoms with Gasteiger partial charge in [0.25, 0.3) is 0 Å². The van der Waals surface area contributed by atoms with Crippen molar-refractivity contribution in [3.8, 4) is 11.1 Å². The zero-order valence-corrected chi connectivity index (χ0v) is 17.3. The first-order valence-electron chi connectivity index (χ1n) is 10.4. The third-order valence-electron chi connectivity index (χ3n) is 6.16. The molecule has 3 rings (SSSR count). The van der Waals surface area contributed by atoms with Crippen LogP contribution in [-0.4, -0.2) is 12.1 Å². The van der Waals surface area contributed by atoms with E-state index in [1.807, 2.05) is 36.4 Å². The van der Waals surface area contributed by atoms with Crippen LogP contribution < -0.4 is 0 Å². The number of ether oxygens (including phenoxy) is 1. The summed E-state index contributed by atoms with van der Waals surface area (Å²) in [6, 6.07) is 14.5. The fraction of sp³-hybridized carbons (Fsp3) is 0.480. The fourth-order valence-corrected chi connectivity index (χ4v) is 4.29. The molecule has 0 bridgehead atoms. The third kappa shape index (κ3) is 4.63. The number of hydrogen-bond donors (Lipinski definition) is 0. The van der Waals surface area contributed by atoms with Gasteiger partial charge in [-0.05, 0) is 54.7 Å². The zero-order valence-electron chi connectivity index (χ0n) is 17.3. The van der Waals surface area contributed by atoms with E-state index in [1.54, 1.807) is 13.0 Å². The molecule has 0 radical (unpaired) electrons. The highest BCUT2D eigenvalue weighted by atomic mass is 19.1. The minimum Gasteiger partial charge on any atom is -0.462 e. The first-order valence-corrected chi connectivity index (χ1v) is 10.4. The van der Waals surface area contributed by atoms with Gasteiger partial charge in [0.05, 0.1) is 5.92 Å². The van der Waals surface area contributed by atoms with Crippen LogP contribution >= 0.6 is 0 Å². The highest BCUT2D eigenvalue weighted by Crippen LogP contribution is 2.36. The molecule has 1 unspecified atom stereocenters. The van der Waals surface area contributed by atoms with Crippen molar-refractivity contribution in [2.75, 3.05) is 0 Å². The maximum absolute atomic E-state index is 14.7. The average molecular weight is 383 g/mol. The molecule has 4 atom stereocenters. The van der Waals surface area contributed by atoms with Crippen molar-refractivity contribution in [2.24, 2.45) is 17.8 Å². The van der Waals surface area contributed by atoms with Crippen LogP contribution in [-0.2, 0) is 9.53 Å². The van der Waals surface area contributed by atoms with E-state index in [4.69, 9.17) is 4.74 Å². The van der Waals surface area contributed by atoms with Crippen molar-refractivity contribution in [2.45, 2.75) is 59.0 Å². The summed E-state index contributed by atoms with van der Waals surface area (Å²) in [5.74, 6) is 0.425. The Hall–Kier alpha value is -2.16. The zero-order chi connectivity index (χ0) is 20.3. The summed E-state index contributed by atoms with van der Waals surface area (Å²) in [6.07, 6.45) is 3.18. The molecule has 0 amide bonds. The second-order valence-corrected chi connectivity index (χ2v) is 8.63. The minimum atomic E-state index is -0.482. The largest absolute Gasteiger partial charge is 0.462 e. The predicted molar refractivity (Wildman–Crippen MR) is 111 cm³/mol. The van der Waals surface area contributed by atoms with E-state index in [0.29, 0.717) is 28.9 Å². The second-order valence-electron chi connectivity index (χ2n) is 8.63. The van der Waals surface area contributed by atoms with Gasteiger partial charge >= 0.3 is 5.97 Å². The Morgan fingerprint density at radius 1 is 1.07 bits per heavy atom. The monoisotopic (exact) mass is 382 g/mol. The molecular formula is C25H31FO2. The normalized spacial score (nSPS) is 23.4. The summed E-state index contributed by atoms with van der Waals surface area (Å²) in [6.45, 7) is 8.42. The van der Waals surface area contributed by atoms with Crippen LogP contribution in [0.4, 0.5) is 4.39 Å². The van der Waals surface area contributed by atoms with Crippen molar-refractivity contribution in [3.05, 3.63) is 59.9 Å². The van der Waals surface area contributed by atoms with Crippen LogP contribution in [0.25, 0.3) is 11.1 Å². The van der Waals surface area contributed by atoms with E-state index in [1.165, 1.54) is 12.5 Å². The van der Waals surface area contributed by atoms with Gasteiger partial charge in [0, 0.05) is 5.56 Å². The minimum absolute atomic E-state index is 0.0351. The second kappa shape index (κ2) is 8.89. The van der Waals surface area contributed by atoms with Gasteiger partial charge < -0.3 is 4.74 Å². The molecule has 0 spiro atoms. The summed E-state index contributed by atoms with van der Waals surface area (Å²) in [7, 11) is 0. The summed E-state index contributed by atoms with van der Waals surface area (Å²) in [5.41, 5.74) is 2.04. The number of halogens is 1. The molecule has 28 heavy (non-hydrogen) atoms. The lowest BCUT2D eigenvalue weighted by Crippen LogP contribution is -2.36. The highest BCUT2D eigenvalue weighted by molar-refractivity contribution is 5.78. The van der Waals surface area contributed by atoms with E-state index >= 15 is 0 Å². The summed E-state index contributed by atoms with van der Waals surface area (Å²) in [4.78, 5) is 12.8. The summed E-state index contributed by atoms with van der Waals surface area (Å²) >= 11 is 0. The lowest BCUT2D eigenvalue weighted by molar-refractivity contribution is -0.157. The van der Waals surface area contributed by atoms with Crippen LogP contribution in [0, 0.1) is 23.6 Å². The van der Waals surface area contributed by atoms with Gasteiger partial charge in [0.1, 0.15) is 11.9 Å². The predicted octanol–water partition coefficient (Wildman–Crippen LogP) is 6.60. The van der Waals surface area contributed by atoms with Crippen molar-refractivity contribution < 1.29 is 13.9 Å². The topological polar surface area (TPSA) is 26.3 Å². The molecule has 0 saturated heterocycles. The van der Waals surface area contributed by atoms with E-state index in [9.17, 15) is 9.18 Å². The number of hydrogen-bond acceptors (Lipinski definition) is 2. The molecule has 1 fully saturated rings. The molecule has 3 heteroatoms. The summed E-state index contributed by atoms with van der Waals surface area (Å²) in [5, 5.41) is 0. The van der Waals surface area contributed by atoms with Crippen molar-refractivity contribution in [1.82, 2.24) is 0 Å². The van der Waals surface area contributed by atoms with E-state index in [2.05, 4.69) is 20.8 Å². The molecule has 1 saturated carbocycles. The average Bonchev–Trinajstić information content (AvgIpc) is 2.67. The number of carbonyl (C=O) groups excluding carboxylic acids is 1. The van der Waals surface area contributed by atoms with Crippen LogP contribution in [0.5, 0.6) is 0 Å². The van der Waals surface area contributed by atoms with Gasteiger partial charge in [0.15, 0.2) is 0 Å². The molecule has 1 aliphatic rings. The standard InChI is InChI=1S/C25H31FO2/c1-16(2)21-12-10-17(3)14-24(21)28-25(27)18(4)20-11-13-22(23(26)15-20)19-8-6-5-7-9-19/h5-9,11,13,15-18,21,24H,10,12,14H2,1-4H3/t17-,18?,21+,24-/m0/s1. The molecule has 2 aromatic rings. The quantitative estimate of drug-likeness (QED) is 0.545. The first kappa shape index (κ1) is 20.6. The molecule has 150 valence electrons. The van der Waals surface area contributed by atoms with Crippen molar-refractivity contribution in [1.29, 1.82) is 0 Å². The molecule has 0 N–H and O–H groups in total. The van der Waals surface area contributed by atoms with Crippen LogP contribution in [0.1, 0.15) is 58.4 Å². The van der Waals surface area contributed by atoms with Gasteiger partial charge in [0.2, 0.25) is 0 Å². The van der Waals surface area contributed by atoms with Crippen LogP contribution in [0.15, 0.2) is 48.5 Å². The van der Waals surface area contributed by atoms with Crippen LogP contribution in [0.3, 0.4) is 0 Å². The van der Waals surface area contributed by atoms with Crippen molar-refractivity contribution >= 4 is 5.97 Å². The van der Waals surface area contributed by atoms with E-state index in [0.717, 1.165) is 18.4 Å². The molecule has 2 nitrogen and oxygen atoms in total. The Balaban J connectivity index is 1.73. The van der Waals surface area contributed by atoms with E-state index < -0.39 is 5.92 Å². The third-order valence-corrected chi connectivity index (χ3v) is 6.16.